The van der Waals surface area contributed by atoms with Gasteiger partial charge in [0.05, 0.1) is 18.4 Å². The van der Waals surface area contributed by atoms with Gasteiger partial charge in [-0.15, -0.1) is 0 Å². The van der Waals surface area contributed by atoms with Crippen LogP contribution in [0, 0.1) is 11.3 Å². The second kappa shape index (κ2) is 5.19. The molecule has 5 nitrogen and oxygen atoms in total. The van der Waals surface area contributed by atoms with Crippen molar-refractivity contribution in [3.05, 3.63) is 35.7 Å². The smallest absolute Gasteiger partial charge is 0.213 e. The predicted octanol–water partition coefficient (Wildman–Crippen LogP) is 3.46. The lowest BCUT2D eigenvalue weighted by Crippen LogP contribution is -1.96. The van der Waals surface area contributed by atoms with Gasteiger partial charge in [0, 0.05) is 0 Å². The van der Waals surface area contributed by atoms with E-state index in [-0.39, 0.29) is 5.92 Å². The summed E-state index contributed by atoms with van der Waals surface area (Å²) in [5.41, 5.74) is 2.21. The number of methoxy groups -OCH3 is 1. The van der Waals surface area contributed by atoms with Crippen LogP contribution in [0.3, 0.4) is 0 Å². The molecule has 0 amide bonds. The minimum atomic E-state index is 0.197. The normalized spacial score (nSPS) is 11.0. The average Bonchev–Trinajstić information content (AvgIpc) is 3.04. The summed E-state index contributed by atoms with van der Waals surface area (Å²) in [5.74, 6) is 0.959. The molecule has 106 valence electrons. The second-order valence-corrected chi connectivity index (χ2v) is 5.87. The largest absolute Gasteiger partial charge is 0.496 e. The van der Waals surface area contributed by atoms with Crippen LogP contribution in [0.4, 0.5) is 0 Å². The standard InChI is InChI=1S/C15H14N4OS/c1-9(2)13-11(8-16)19-15(17-13)21-14(18-19)10-6-4-5-7-12(10)20-3/h4-7,9H,1-3H3. The average molecular weight is 298 g/mol. The molecule has 0 radical (unpaired) electrons. The monoisotopic (exact) mass is 298 g/mol. The first kappa shape index (κ1) is 13.6. The summed E-state index contributed by atoms with van der Waals surface area (Å²) >= 11 is 1.46. The Labute approximate surface area is 126 Å². The topological polar surface area (TPSA) is 63.2 Å². The molecule has 3 rings (SSSR count). The number of benzene rings is 1. The fourth-order valence-electron chi connectivity index (χ4n) is 2.20. The van der Waals surface area contributed by atoms with Crippen LogP contribution >= 0.6 is 11.3 Å². The minimum Gasteiger partial charge on any atom is -0.496 e. The van der Waals surface area contributed by atoms with E-state index in [4.69, 9.17) is 4.74 Å². The van der Waals surface area contributed by atoms with Gasteiger partial charge in [-0.2, -0.15) is 14.9 Å². The maximum absolute atomic E-state index is 9.36. The van der Waals surface area contributed by atoms with Gasteiger partial charge < -0.3 is 4.74 Å². The summed E-state index contributed by atoms with van der Waals surface area (Å²) in [6, 6.07) is 9.90. The van der Waals surface area contributed by atoms with Gasteiger partial charge in [0.25, 0.3) is 0 Å². The lowest BCUT2D eigenvalue weighted by molar-refractivity contribution is 0.416. The van der Waals surface area contributed by atoms with Crippen molar-refractivity contribution in [1.29, 1.82) is 5.26 Å². The molecular formula is C15H14N4OS. The highest BCUT2D eigenvalue weighted by atomic mass is 32.1. The summed E-state index contributed by atoms with van der Waals surface area (Å²) < 4.78 is 6.99. The number of hydrogen-bond donors (Lipinski definition) is 0. The Morgan fingerprint density at radius 3 is 2.76 bits per heavy atom. The summed E-state index contributed by atoms with van der Waals surface area (Å²) in [6.07, 6.45) is 0. The van der Waals surface area contributed by atoms with Gasteiger partial charge in [-0.3, -0.25) is 0 Å². The molecule has 1 aromatic carbocycles. The van der Waals surface area contributed by atoms with Crippen molar-refractivity contribution in [2.75, 3.05) is 7.11 Å². The Morgan fingerprint density at radius 2 is 2.10 bits per heavy atom. The predicted molar refractivity (Wildman–Crippen MR) is 81.7 cm³/mol. The highest BCUT2D eigenvalue weighted by Crippen LogP contribution is 2.34. The van der Waals surface area contributed by atoms with Gasteiger partial charge in [-0.1, -0.05) is 37.3 Å². The first-order valence-corrected chi connectivity index (χ1v) is 7.40. The Balaban J connectivity index is 2.19. The zero-order valence-corrected chi connectivity index (χ0v) is 12.8. The van der Waals surface area contributed by atoms with Crippen molar-refractivity contribution in [2.24, 2.45) is 0 Å². The molecule has 0 aliphatic rings. The van der Waals surface area contributed by atoms with Gasteiger partial charge in [-0.05, 0) is 18.1 Å². The molecule has 0 atom stereocenters. The van der Waals surface area contributed by atoms with E-state index in [0.717, 1.165) is 27.0 Å². The van der Waals surface area contributed by atoms with E-state index < -0.39 is 0 Å². The third-order valence-electron chi connectivity index (χ3n) is 3.22. The molecule has 0 bridgehead atoms. The second-order valence-electron chi connectivity index (χ2n) is 4.91. The lowest BCUT2D eigenvalue weighted by atomic mass is 10.1. The number of imidazole rings is 1. The first-order chi connectivity index (χ1) is 10.2. The molecule has 0 aliphatic carbocycles. The molecule has 2 aromatic heterocycles. The van der Waals surface area contributed by atoms with Crippen LogP contribution in [-0.4, -0.2) is 21.7 Å². The van der Waals surface area contributed by atoms with Gasteiger partial charge in [0.2, 0.25) is 4.96 Å². The summed E-state index contributed by atoms with van der Waals surface area (Å²) in [4.78, 5) is 5.27. The van der Waals surface area contributed by atoms with Crippen molar-refractivity contribution >= 4 is 16.3 Å². The molecule has 0 saturated carbocycles. The Hall–Kier alpha value is -2.39. The molecule has 0 spiro atoms. The zero-order chi connectivity index (χ0) is 15.0. The quantitative estimate of drug-likeness (QED) is 0.743. The number of fused-ring (bicyclic) bond motifs is 1. The van der Waals surface area contributed by atoms with Gasteiger partial charge in [0.15, 0.2) is 10.7 Å². The molecule has 0 N–H and O–H groups in total. The number of nitrogens with zero attached hydrogens (tertiary/aromatic N) is 4. The molecule has 2 heterocycles. The highest BCUT2D eigenvalue weighted by Gasteiger charge is 2.20. The van der Waals surface area contributed by atoms with Gasteiger partial charge >= 0.3 is 0 Å². The Bertz CT molecular complexity index is 841. The van der Waals surface area contributed by atoms with Crippen molar-refractivity contribution in [2.45, 2.75) is 19.8 Å². The van der Waals surface area contributed by atoms with E-state index in [9.17, 15) is 5.26 Å². The van der Waals surface area contributed by atoms with Crippen LogP contribution in [-0.2, 0) is 0 Å². The summed E-state index contributed by atoms with van der Waals surface area (Å²) in [7, 11) is 1.63. The van der Waals surface area contributed by atoms with E-state index in [1.165, 1.54) is 11.3 Å². The SMILES string of the molecule is COc1ccccc1-c1nn2c(C#N)c(C(C)C)nc2s1. The zero-order valence-electron chi connectivity index (χ0n) is 12.0. The van der Waals surface area contributed by atoms with Crippen LogP contribution in [0.15, 0.2) is 24.3 Å². The third kappa shape index (κ3) is 2.16. The van der Waals surface area contributed by atoms with Crippen LogP contribution < -0.4 is 4.74 Å². The van der Waals surface area contributed by atoms with E-state index >= 15 is 0 Å². The van der Waals surface area contributed by atoms with E-state index in [2.05, 4.69) is 16.2 Å². The first-order valence-electron chi connectivity index (χ1n) is 6.58. The molecular weight excluding hydrogens is 284 g/mol. The molecule has 0 unspecified atom stereocenters. The van der Waals surface area contributed by atoms with E-state index in [0.29, 0.717) is 5.69 Å². The molecule has 0 saturated heterocycles. The molecule has 21 heavy (non-hydrogen) atoms. The lowest BCUT2D eigenvalue weighted by Gasteiger charge is -2.04. The van der Waals surface area contributed by atoms with Gasteiger partial charge in [0.1, 0.15) is 11.8 Å². The van der Waals surface area contributed by atoms with Crippen molar-refractivity contribution in [3.8, 4) is 22.4 Å². The van der Waals surface area contributed by atoms with Crippen molar-refractivity contribution < 1.29 is 4.74 Å². The van der Waals surface area contributed by atoms with Crippen molar-refractivity contribution in [3.63, 3.8) is 0 Å². The van der Waals surface area contributed by atoms with E-state index in [1.54, 1.807) is 11.6 Å². The number of para-hydroxylation sites is 1. The fourth-order valence-corrected chi connectivity index (χ4v) is 3.14. The maximum Gasteiger partial charge on any atom is 0.213 e. The minimum absolute atomic E-state index is 0.197. The van der Waals surface area contributed by atoms with Crippen molar-refractivity contribution in [1.82, 2.24) is 14.6 Å². The number of rotatable bonds is 3. The van der Waals surface area contributed by atoms with E-state index in [1.807, 2.05) is 38.1 Å². The number of nitriles is 1. The third-order valence-corrected chi connectivity index (χ3v) is 4.16. The number of ether oxygens (including phenoxy) is 1. The fraction of sp³-hybridized carbons (Fsp3) is 0.267. The highest BCUT2D eigenvalue weighted by molar-refractivity contribution is 7.19. The van der Waals surface area contributed by atoms with Gasteiger partial charge in [-0.25, -0.2) is 4.98 Å². The number of hydrogen-bond acceptors (Lipinski definition) is 5. The molecule has 0 aliphatic heterocycles. The van der Waals surface area contributed by atoms with Crippen LogP contribution in [0.1, 0.15) is 31.2 Å². The number of aromatic nitrogens is 3. The summed E-state index contributed by atoms with van der Waals surface area (Å²) in [5, 5.41) is 14.7. The molecule has 3 aromatic rings. The van der Waals surface area contributed by atoms with Crippen LogP contribution in [0.25, 0.3) is 15.5 Å². The molecule has 6 heteroatoms. The Morgan fingerprint density at radius 1 is 1.33 bits per heavy atom. The maximum atomic E-state index is 9.36. The Kier molecular flexibility index (Phi) is 3.35. The van der Waals surface area contributed by atoms with Crippen LogP contribution in [0.5, 0.6) is 5.75 Å². The molecule has 0 fully saturated rings. The summed E-state index contributed by atoms with van der Waals surface area (Å²) in [6.45, 7) is 4.04. The van der Waals surface area contributed by atoms with Crippen LogP contribution in [0.2, 0.25) is 0 Å².